The third-order valence-corrected chi connectivity index (χ3v) is 2.45. The van der Waals surface area contributed by atoms with Crippen LogP contribution in [0.3, 0.4) is 0 Å². The maximum Gasteiger partial charge on any atom is 0.104 e. The van der Waals surface area contributed by atoms with Gasteiger partial charge in [0.2, 0.25) is 0 Å². The molecule has 3 aromatic rings. The summed E-state index contributed by atoms with van der Waals surface area (Å²) >= 11 is 0. The number of benzene rings is 1. The molecule has 0 unspecified atom stereocenters. The zero-order valence-electron chi connectivity index (χ0n) is 10.2. The highest BCUT2D eigenvalue weighted by molar-refractivity contribution is 5.86. The van der Waals surface area contributed by atoms with Crippen molar-refractivity contribution in [3.05, 3.63) is 60.2 Å². The van der Waals surface area contributed by atoms with Gasteiger partial charge < -0.3 is 4.98 Å². The number of hydrogen-bond donors (Lipinski definition) is 1. The second-order valence-electron chi connectivity index (χ2n) is 3.60. The molecule has 0 aliphatic rings. The number of aromatic nitrogens is 3. The first-order valence-electron chi connectivity index (χ1n) is 5.27. The zero-order chi connectivity index (χ0) is 11.5. The van der Waals surface area contributed by atoms with Crippen molar-refractivity contribution in [3.8, 4) is 11.8 Å². The number of imidazole rings is 1. The summed E-state index contributed by atoms with van der Waals surface area (Å²) in [5, 5.41) is 0. The number of rotatable bonds is 0. The van der Waals surface area contributed by atoms with E-state index in [-0.39, 0.29) is 37.2 Å². The van der Waals surface area contributed by atoms with E-state index in [0.717, 1.165) is 22.2 Å². The van der Waals surface area contributed by atoms with Crippen molar-refractivity contribution in [3.63, 3.8) is 0 Å². The molecule has 0 amide bonds. The molecule has 0 aliphatic heterocycles. The van der Waals surface area contributed by atoms with E-state index in [1.165, 1.54) is 0 Å². The van der Waals surface area contributed by atoms with E-state index in [0.29, 0.717) is 0 Å². The highest BCUT2D eigenvalue weighted by Crippen LogP contribution is 2.13. The van der Waals surface area contributed by atoms with Gasteiger partial charge in [-0.25, -0.2) is 4.98 Å². The highest BCUT2D eigenvalue weighted by atomic mass is 35.5. The normalized spacial score (nSPS) is 8.40. The van der Waals surface area contributed by atoms with Crippen molar-refractivity contribution in [2.45, 2.75) is 0 Å². The molecule has 0 atom stereocenters. The Bertz CT molecular complexity index is 714. The number of nitrogens with zero attached hydrogens (tertiary/aromatic N) is 2. The van der Waals surface area contributed by atoms with Crippen LogP contribution in [0.15, 0.2) is 49.1 Å². The van der Waals surface area contributed by atoms with Gasteiger partial charge in [0.25, 0.3) is 0 Å². The number of nitrogens with one attached hydrogen (secondary N) is 1. The van der Waals surface area contributed by atoms with Crippen LogP contribution in [0.1, 0.15) is 11.1 Å². The fourth-order valence-corrected chi connectivity index (χ4v) is 1.64. The molecule has 0 radical (unpaired) electrons. The number of halogens is 3. The smallest absolute Gasteiger partial charge is 0.104 e. The van der Waals surface area contributed by atoms with Crippen LogP contribution < -0.4 is 0 Å². The summed E-state index contributed by atoms with van der Waals surface area (Å²) in [6.07, 6.45) is 5.16. The molecule has 2 aromatic heterocycles. The molecule has 0 spiro atoms. The van der Waals surface area contributed by atoms with Crippen LogP contribution in [0.5, 0.6) is 0 Å². The SMILES string of the molecule is C(#Cc1cccc2[nH]cnc12)c1cccnc1.Cl.Cl.Cl. The molecule has 0 saturated carbocycles. The van der Waals surface area contributed by atoms with Gasteiger partial charge in [0.15, 0.2) is 0 Å². The predicted molar refractivity (Wildman–Crippen MR) is 88.1 cm³/mol. The Kier molecular flexibility index (Phi) is 7.71. The highest BCUT2D eigenvalue weighted by Gasteiger charge is 1.99. The molecule has 104 valence electrons. The van der Waals surface area contributed by atoms with Gasteiger partial charge >= 0.3 is 0 Å². The van der Waals surface area contributed by atoms with Crippen molar-refractivity contribution in [1.29, 1.82) is 0 Å². The van der Waals surface area contributed by atoms with Crippen molar-refractivity contribution in [2.24, 2.45) is 0 Å². The minimum absolute atomic E-state index is 0. The van der Waals surface area contributed by atoms with Crippen molar-refractivity contribution in [2.75, 3.05) is 0 Å². The fraction of sp³-hybridized carbons (Fsp3) is 0. The van der Waals surface area contributed by atoms with Gasteiger partial charge in [-0.1, -0.05) is 17.9 Å². The molecule has 3 nitrogen and oxygen atoms in total. The second kappa shape index (κ2) is 8.44. The van der Waals surface area contributed by atoms with E-state index < -0.39 is 0 Å². The summed E-state index contributed by atoms with van der Waals surface area (Å²) in [6.45, 7) is 0. The maximum absolute atomic E-state index is 4.26. The van der Waals surface area contributed by atoms with Crippen molar-refractivity contribution < 1.29 is 0 Å². The first kappa shape index (κ1) is 18.3. The van der Waals surface area contributed by atoms with Crippen LogP contribution in [0.4, 0.5) is 0 Å². The number of H-pyrrole nitrogens is 1. The van der Waals surface area contributed by atoms with Crippen LogP contribution in [-0.4, -0.2) is 15.0 Å². The number of aromatic amines is 1. The maximum atomic E-state index is 4.26. The van der Waals surface area contributed by atoms with Crippen LogP contribution in [-0.2, 0) is 0 Å². The largest absolute Gasteiger partial charge is 0.345 e. The van der Waals surface area contributed by atoms with Gasteiger partial charge in [0.1, 0.15) is 5.52 Å². The summed E-state index contributed by atoms with van der Waals surface area (Å²) < 4.78 is 0. The van der Waals surface area contributed by atoms with E-state index in [1.54, 1.807) is 18.7 Å². The van der Waals surface area contributed by atoms with Gasteiger partial charge in [0.05, 0.1) is 17.4 Å². The average Bonchev–Trinajstić information content (AvgIpc) is 2.86. The second-order valence-corrected chi connectivity index (χ2v) is 3.60. The molecule has 0 saturated heterocycles. The standard InChI is InChI=1S/C14H9N3.3ClH/c1-4-12(14-13(5-1)16-10-17-14)7-6-11-3-2-8-15-9-11;;;/h1-5,8-10H,(H,16,17);3*1H. The lowest BCUT2D eigenvalue weighted by Crippen LogP contribution is -1.79. The first-order valence-corrected chi connectivity index (χ1v) is 5.27. The Morgan fingerprint density at radius 3 is 2.55 bits per heavy atom. The van der Waals surface area contributed by atoms with Crippen molar-refractivity contribution >= 4 is 48.3 Å². The van der Waals surface area contributed by atoms with Gasteiger partial charge in [-0.2, -0.15) is 0 Å². The fourth-order valence-electron chi connectivity index (χ4n) is 1.64. The Labute approximate surface area is 135 Å². The minimum atomic E-state index is 0. The summed E-state index contributed by atoms with van der Waals surface area (Å²) in [5.41, 5.74) is 3.74. The van der Waals surface area contributed by atoms with Crippen LogP contribution in [0.2, 0.25) is 0 Å². The molecule has 6 heteroatoms. The van der Waals surface area contributed by atoms with Crippen LogP contribution in [0.25, 0.3) is 11.0 Å². The summed E-state index contributed by atoms with van der Waals surface area (Å²) in [6, 6.07) is 9.72. The molecule has 1 N–H and O–H groups in total. The Morgan fingerprint density at radius 1 is 0.950 bits per heavy atom. The van der Waals surface area contributed by atoms with Gasteiger partial charge in [-0.3, -0.25) is 4.98 Å². The number of pyridine rings is 1. The number of fused-ring (bicyclic) bond motifs is 1. The lowest BCUT2D eigenvalue weighted by Gasteiger charge is -1.92. The summed E-state index contributed by atoms with van der Waals surface area (Å²) in [4.78, 5) is 11.3. The van der Waals surface area contributed by atoms with E-state index in [4.69, 9.17) is 0 Å². The molecule has 0 aliphatic carbocycles. The quantitative estimate of drug-likeness (QED) is 0.640. The lowest BCUT2D eigenvalue weighted by atomic mass is 10.2. The molecule has 0 fully saturated rings. The number of hydrogen-bond acceptors (Lipinski definition) is 2. The molecule has 2 heterocycles. The van der Waals surface area contributed by atoms with Crippen molar-refractivity contribution in [1.82, 2.24) is 15.0 Å². The average molecular weight is 329 g/mol. The predicted octanol–water partition coefficient (Wildman–Crippen LogP) is 3.62. The lowest BCUT2D eigenvalue weighted by molar-refractivity contribution is 1.31. The van der Waals surface area contributed by atoms with Gasteiger partial charge in [0, 0.05) is 18.0 Å². The topological polar surface area (TPSA) is 41.6 Å². The van der Waals surface area contributed by atoms with E-state index in [9.17, 15) is 0 Å². The van der Waals surface area contributed by atoms with E-state index >= 15 is 0 Å². The Morgan fingerprint density at radius 2 is 1.80 bits per heavy atom. The van der Waals surface area contributed by atoms with Crippen LogP contribution >= 0.6 is 37.2 Å². The third-order valence-electron chi connectivity index (χ3n) is 2.45. The molecule has 1 aromatic carbocycles. The Balaban J connectivity index is 0.00000120. The monoisotopic (exact) mass is 327 g/mol. The first-order chi connectivity index (χ1) is 8.43. The Hall–Kier alpha value is -1.73. The summed E-state index contributed by atoms with van der Waals surface area (Å²) in [5.74, 6) is 6.19. The molecular weight excluding hydrogens is 317 g/mol. The molecular formula is C14H12Cl3N3. The number of para-hydroxylation sites is 1. The van der Waals surface area contributed by atoms with Gasteiger partial charge in [-0.05, 0) is 24.3 Å². The molecule has 20 heavy (non-hydrogen) atoms. The zero-order valence-corrected chi connectivity index (χ0v) is 12.7. The third kappa shape index (κ3) is 3.88. The summed E-state index contributed by atoms with van der Waals surface area (Å²) in [7, 11) is 0. The van der Waals surface area contributed by atoms with E-state index in [2.05, 4.69) is 26.8 Å². The van der Waals surface area contributed by atoms with E-state index in [1.807, 2.05) is 30.3 Å². The van der Waals surface area contributed by atoms with Crippen LogP contribution in [0, 0.1) is 11.8 Å². The molecule has 3 rings (SSSR count). The molecule has 0 bridgehead atoms. The van der Waals surface area contributed by atoms with Gasteiger partial charge in [-0.15, -0.1) is 37.2 Å². The minimum Gasteiger partial charge on any atom is -0.345 e.